The second-order valence-corrected chi connectivity index (χ2v) is 7.89. The van der Waals surface area contributed by atoms with E-state index in [-0.39, 0.29) is 5.91 Å². The molecule has 1 heterocycles. The van der Waals surface area contributed by atoms with Gasteiger partial charge in [0, 0.05) is 20.8 Å². The number of carbonyl (C=O) groups is 2. The van der Waals surface area contributed by atoms with E-state index in [9.17, 15) is 9.59 Å². The Labute approximate surface area is 160 Å². The van der Waals surface area contributed by atoms with Gasteiger partial charge in [-0.25, -0.2) is 0 Å². The van der Waals surface area contributed by atoms with Gasteiger partial charge in [-0.15, -0.1) is 11.3 Å². The lowest BCUT2D eigenvalue weighted by molar-refractivity contribution is 0.100. The van der Waals surface area contributed by atoms with E-state index in [2.05, 4.69) is 5.32 Å². The zero-order chi connectivity index (χ0) is 18.3. The Morgan fingerprint density at radius 3 is 2.58 bits per heavy atom. The van der Waals surface area contributed by atoms with E-state index in [0.717, 1.165) is 46.9 Å². The van der Waals surface area contributed by atoms with Gasteiger partial charge in [0.25, 0.3) is 11.8 Å². The first-order valence-electron chi connectivity index (χ1n) is 8.49. The minimum atomic E-state index is -0.485. The number of carbonyl (C=O) groups excluding carboxylic acids is 2. The molecule has 4 nitrogen and oxygen atoms in total. The summed E-state index contributed by atoms with van der Waals surface area (Å²) in [6.45, 7) is 0. The number of hydrogen-bond donors (Lipinski definition) is 2. The maximum absolute atomic E-state index is 12.9. The van der Waals surface area contributed by atoms with Crippen molar-refractivity contribution in [2.24, 2.45) is 5.73 Å². The fourth-order valence-electron chi connectivity index (χ4n) is 3.55. The monoisotopic (exact) mass is 384 g/mol. The summed E-state index contributed by atoms with van der Waals surface area (Å²) in [4.78, 5) is 26.1. The van der Waals surface area contributed by atoms with Crippen LogP contribution in [0.2, 0.25) is 5.02 Å². The molecule has 0 saturated heterocycles. The number of thiophene rings is 1. The molecule has 0 fully saturated rings. The molecule has 0 spiro atoms. The first-order valence-corrected chi connectivity index (χ1v) is 9.68. The number of fused-ring (bicyclic) bond motifs is 2. The molecular weight excluding hydrogens is 368 g/mol. The van der Waals surface area contributed by atoms with Gasteiger partial charge in [0.15, 0.2) is 0 Å². The second kappa shape index (κ2) is 6.74. The summed E-state index contributed by atoms with van der Waals surface area (Å²) in [5, 5.41) is 5.66. The van der Waals surface area contributed by atoms with E-state index >= 15 is 0 Å². The van der Waals surface area contributed by atoms with Crippen LogP contribution < -0.4 is 11.1 Å². The molecule has 1 aliphatic carbocycles. The summed E-state index contributed by atoms with van der Waals surface area (Å²) in [5.74, 6) is -0.750. The molecule has 132 valence electrons. The summed E-state index contributed by atoms with van der Waals surface area (Å²) in [6, 6.07) is 10.9. The zero-order valence-corrected chi connectivity index (χ0v) is 15.5. The lowest BCUT2D eigenvalue weighted by Crippen LogP contribution is -2.18. The van der Waals surface area contributed by atoms with Crippen molar-refractivity contribution in [2.45, 2.75) is 25.7 Å². The molecule has 3 N–H and O–H groups in total. The Balaban J connectivity index is 1.75. The maximum Gasteiger partial charge on any atom is 0.256 e. The van der Waals surface area contributed by atoms with Crippen LogP contribution >= 0.6 is 22.9 Å². The fraction of sp³-hybridized carbons (Fsp3) is 0.200. The summed E-state index contributed by atoms with van der Waals surface area (Å²) in [5.41, 5.74) is 7.60. The number of nitrogens with one attached hydrogen (secondary N) is 1. The second-order valence-electron chi connectivity index (χ2n) is 6.37. The van der Waals surface area contributed by atoms with Crippen LogP contribution in [0.3, 0.4) is 0 Å². The molecule has 6 heteroatoms. The first kappa shape index (κ1) is 17.1. The SMILES string of the molecule is NC(=O)c1c(NC(=O)c2cccc3c(Cl)cccc23)sc2c1CCCC2. The van der Waals surface area contributed by atoms with E-state index in [1.165, 1.54) is 11.3 Å². The molecule has 2 aromatic carbocycles. The Bertz CT molecular complexity index is 1040. The lowest BCUT2D eigenvalue weighted by Gasteiger charge is -2.11. The predicted octanol–water partition coefficient (Wildman–Crippen LogP) is 4.78. The van der Waals surface area contributed by atoms with Crippen molar-refractivity contribution in [3.05, 3.63) is 63.0 Å². The summed E-state index contributed by atoms with van der Waals surface area (Å²) in [7, 11) is 0. The number of halogens is 1. The Hall–Kier alpha value is -2.37. The number of aryl methyl sites for hydroxylation is 1. The largest absolute Gasteiger partial charge is 0.365 e. The van der Waals surface area contributed by atoms with Crippen LogP contribution in [0.4, 0.5) is 5.00 Å². The average Bonchev–Trinajstić information content (AvgIpc) is 2.99. The maximum atomic E-state index is 12.9. The quantitative estimate of drug-likeness (QED) is 0.681. The molecule has 3 aromatic rings. The van der Waals surface area contributed by atoms with Crippen LogP contribution in [0.25, 0.3) is 10.8 Å². The smallest absolute Gasteiger partial charge is 0.256 e. The van der Waals surface area contributed by atoms with Gasteiger partial charge in [0.05, 0.1) is 5.56 Å². The minimum Gasteiger partial charge on any atom is -0.365 e. The molecular formula is C20H17ClN2O2S. The topological polar surface area (TPSA) is 72.2 Å². The van der Waals surface area contributed by atoms with Crippen molar-refractivity contribution in [2.75, 3.05) is 5.32 Å². The van der Waals surface area contributed by atoms with Crippen molar-refractivity contribution >= 4 is 50.5 Å². The Morgan fingerprint density at radius 2 is 1.77 bits per heavy atom. The molecule has 1 aromatic heterocycles. The molecule has 0 saturated carbocycles. The van der Waals surface area contributed by atoms with Crippen LogP contribution in [0.5, 0.6) is 0 Å². The molecule has 4 rings (SSSR count). The minimum absolute atomic E-state index is 0.265. The fourth-order valence-corrected chi connectivity index (χ4v) is 5.08. The van der Waals surface area contributed by atoms with Gasteiger partial charge in [-0.05, 0) is 48.8 Å². The third-order valence-electron chi connectivity index (χ3n) is 4.76. The highest BCUT2D eigenvalue weighted by atomic mass is 35.5. The number of anilines is 1. The molecule has 0 radical (unpaired) electrons. The van der Waals surface area contributed by atoms with Gasteiger partial charge in [0.1, 0.15) is 5.00 Å². The van der Waals surface area contributed by atoms with E-state index < -0.39 is 5.91 Å². The van der Waals surface area contributed by atoms with Crippen LogP contribution in [0.15, 0.2) is 36.4 Å². The van der Waals surface area contributed by atoms with Crippen molar-refractivity contribution in [1.29, 1.82) is 0 Å². The van der Waals surface area contributed by atoms with Gasteiger partial charge < -0.3 is 11.1 Å². The van der Waals surface area contributed by atoms with Crippen molar-refractivity contribution in [3.63, 3.8) is 0 Å². The van der Waals surface area contributed by atoms with Crippen LogP contribution in [-0.4, -0.2) is 11.8 Å². The third kappa shape index (κ3) is 2.87. The number of rotatable bonds is 3. The molecule has 0 bridgehead atoms. The van der Waals surface area contributed by atoms with E-state index in [1.54, 1.807) is 18.2 Å². The van der Waals surface area contributed by atoms with Crippen molar-refractivity contribution in [1.82, 2.24) is 0 Å². The van der Waals surface area contributed by atoms with Gasteiger partial charge in [-0.1, -0.05) is 35.9 Å². The first-order chi connectivity index (χ1) is 12.6. The van der Waals surface area contributed by atoms with E-state index in [1.807, 2.05) is 18.2 Å². The van der Waals surface area contributed by atoms with E-state index in [4.69, 9.17) is 17.3 Å². The van der Waals surface area contributed by atoms with Crippen molar-refractivity contribution in [3.8, 4) is 0 Å². The number of benzene rings is 2. The van der Waals surface area contributed by atoms with Gasteiger partial charge in [-0.2, -0.15) is 0 Å². The van der Waals surface area contributed by atoms with Gasteiger partial charge in [-0.3, -0.25) is 9.59 Å². The van der Waals surface area contributed by atoms with Gasteiger partial charge in [0.2, 0.25) is 0 Å². The van der Waals surface area contributed by atoms with Crippen molar-refractivity contribution < 1.29 is 9.59 Å². The number of hydrogen-bond acceptors (Lipinski definition) is 3. The summed E-state index contributed by atoms with van der Waals surface area (Å²) >= 11 is 7.70. The third-order valence-corrected chi connectivity index (χ3v) is 6.30. The van der Waals surface area contributed by atoms with E-state index in [0.29, 0.717) is 21.2 Å². The molecule has 26 heavy (non-hydrogen) atoms. The highest BCUT2D eigenvalue weighted by Gasteiger charge is 2.25. The molecule has 2 amide bonds. The Morgan fingerprint density at radius 1 is 1.04 bits per heavy atom. The highest BCUT2D eigenvalue weighted by molar-refractivity contribution is 7.17. The summed E-state index contributed by atoms with van der Waals surface area (Å²) < 4.78 is 0. The standard InChI is InChI=1S/C20H17ClN2O2S/c21-15-9-4-6-11-12(15)7-3-8-13(11)19(25)23-20-17(18(22)24)14-5-1-2-10-16(14)26-20/h3-4,6-9H,1-2,5,10H2,(H2,22,24)(H,23,25). The number of primary amides is 1. The zero-order valence-electron chi connectivity index (χ0n) is 14.0. The lowest BCUT2D eigenvalue weighted by atomic mass is 9.95. The molecule has 1 aliphatic rings. The van der Waals surface area contributed by atoms with Crippen LogP contribution in [-0.2, 0) is 12.8 Å². The molecule has 0 atom stereocenters. The molecule has 0 unspecified atom stereocenters. The highest BCUT2D eigenvalue weighted by Crippen LogP contribution is 2.38. The normalized spacial score (nSPS) is 13.4. The summed E-state index contributed by atoms with van der Waals surface area (Å²) in [6.07, 6.45) is 3.91. The van der Waals surface area contributed by atoms with Crippen LogP contribution in [0, 0.1) is 0 Å². The Kier molecular flexibility index (Phi) is 4.42. The predicted molar refractivity (Wildman–Crippen MR) is 106 cm³/mol. The number of amides is 2. The number of nitrogens with two attached hydrogens (primary N) is 1. The average molecular weight is 385 g/mol. The van der Waals surface area contributed by atoms with Gasteiger partial charge >= 0.3 is 0 Å². The molecule has 0 aliphatic heterocycles. The van der Waals surface area contributed by atoms with Crippen LogP contribution in [0.1, 0.15) is 44.0 Å².